The summed E-state index contributed by atoms with van der Waals surface area (Å²) in [5.74, 6) is 1.40. The SMILES string of the molecule is Cc1cc(N2CCC(CO)CC2(C)C)nn1C1CCN(C(=O)OC(C)(C)C)CC1. The van der Waals surface area contributed by atoms with Gasteiger partial charge in [-0.05, 0) is 73.1 Å². The van der Waals surface area contributed by atoms with Crippen LogP contribution in [0.5, 0.6) is 0 Å². The molecule has 0 aromatic carbocycles. The topological polar surface area (TPSA) is 70.8 Å². The van der Waals surface area contributed by atoms with Crippen molar-refractivity contribution >= 4 is 11.9 Å². The van der Waals surface area contributed by atoms with Crippen LogP contribution in [0.1, 0.15) is 72.0 Å². The van der Waals surface area contributed by atoms with Gasteiger partial charge >= 0.3 is 6.09 Å². The molecule has 7 heteroatoms. The Morgan fingerprint density at radius 2 is 1.90 bits per heavy atom. The second kappa shape index (κ2) is 8.17. The molecule has 1 amide bonds. The Hall–Kier alpha value is -1.76. The zero-order valence-electron chi connectivity index (χ0n) is 18.9. The quantitative estimate of drug-likeness (QED) is 0.828. The van der Waals surface area contributed by atoms with E-state index in [1.165, 1.54) is 0 Å². The number of likely N-dealkylation sites (tertiary alicyclic amines) is 1. The summed E-state index contributed by atoms with van der Waals surface area (Å²) in [7, 11) is 0. The number of ether oxygens (including phenoxy) is 1. The van der Waals surface area contributed by atoms with E-state index in [-0.39, 0.29) is 18.2 Å². The lowest BCUT2D eigenvalue weighted by molar-refractivity contribution is 0.0184. The van der Waals surface area contributed by atoms with Gasteiger partial charge in [-0.3, -0.25) is 4.68 Å². The van der Waals surface area contributed by atoms with E-state index in [9.17, 15) is 9.90 Å². The van der Waals surface area contributed by atoms with E-state index in [4.69, 9.17) is 9.84 Å². The first-order chi connectivity index (χ1) is 13.5. The summed E-state index contributed by atoms with van der Waals surface area (Å²) in [6.07, 6.45) is 3.53. The fraction of sp³-hybridized carbons (Fsp3) is 0.818. The highest BCUT2D eigenvalue weighted by Gasteiger charge is 2.36. The summed E-state index contributed by atoms with van der Waals surface area (Å²) >= 11 is 0. The number of amides is 1. The lowest BCUT2D eigenvalue weighted by atomic mass is 9.83. The number of hydrogen-bond donors (Lipinski definition) is 1. The number of anilines is 1. The number of carbonyl (C=O) groups excluding carboxylic acids is 1. The maximum Gasteiger partial charge on any atom is 0.410 e. The number of aromatic nitrogens is 2. The van der Waals surface area contributed by atoms with Crippen LogP contribution in [0.4, 0.5) is 10.6 Å². The molecule has 1 aromatic rings. The molecule has 0 aliphatic carbocycles. The van der Waals surface area contributed by atoms with Crippen molar-refractivity contribution in [2.75, 3.05) is 31.1 Å². The fourth-order valence-electron chi connectivity index (χ4n) is 4.71. The van der Waals surface area contributed by atoms with Gasteiger partial charge in [0.05, 0.1) is 6.04 Å². The van der Waals surface area contributed by atoms with Crippen molar-refractivity contribution < 1.29 is 14.6 Å². The summed E-state index contributed by atoms with van der Waals surface area (Å²) in [5.41, 5.74) is 0.686. The molecule has 1 aromatic heterocycles. The highest BCUT2D eigenvalue weighted by molar-refractivity contribution is 5.68. The van der Waals surface area contributed by atoms with Crippen molar-refractivity contribution in [2.24, 2.45) is 5.92 Å². The average Bonchev–Trinajstić information content (AvgIpc) is 3.00. The van der Waals surface area contributed by atoms with E-state index in [0.29, 0.717) is 25.0 Å². The number of rotatable bonds is 3. The van der Waals surface area contributed by atoms with Gasteiger partial charge in [0.1, 0.15) is 5.60 Å². The predicted molar refractivity (Wildman–Crippen MR) is 114 cm³/mol. The number of carbonyl (C=O) groups is 1. The van der Waals surface area contributed by atoms with Gasteiger partial charge in [0.2, 0.25) is 0 Å². The van der Waals surface area contributed by atoms with Crippen LogP contribution < -0.4 is 4.90 Å². The Balaban J connectivity index is 1.65. The molecule has 0 bridgehead atoms. The highest BCUT2D eigenvalue weighted by atomic mass is 16.6. The van der Waals surface area contributed by atoms with E-state index < -0.39 is 5.60 Å². The molecule has 1 atom stereocenters. The lowest BCUT2D eigenvalue weighted by Gasteiger charge is -2.45. The van der Waals surface area contributed by atoms with E-state index in [0.717, 1.165) is 43.7 Å². The van der Waals surface area contributed by atoms with Gasteiger partial charge in [0, 0.05) is 43.5 Å². The largest absolute Gasteiger partial charge is 0.444 e. The number of aliphatic hydroxyl groups is 1. The molecular formula is C22H38N4O3. The van der Waals surface area contributed by atoms with Gasteiger partial charge in [0.25, 0.3) is 0 Å². The van der Waals surface area contributed by atoms with Crippen LogP contribution in [0.15, 0.2) is 6.07 Å². The van der Waals surface area contributed by atoms with Crippen molar-refractivity contribution in [3.05, 3.63) is 11.8 Å². The molecule has 164 valence electrons. The second-order valence-electron chi connectivity index (χ2n) is 10.3. The van der Waals surface area contributed by atoms with Gasteiger partial charge in [-0.2, -0.15) is 5.10 Å². The van der Waals surface area contributed by atoms with Crippen molar-refractivity contribution in [1.29, 1.82) is 0 Å². The molecule has 1 N–H and O–H groups in total. The van der Waals surface area contributed by atoms with E-state index in [2.05, 4.69) is 36.4 Å². The number of aliphatic hydroxyl groups excluding tert-OH is 1. The molecule has 2 aliphatic heterocycles. The number of hydrogen-bond acceptors (Lipinski definition) is 5. The van der Waals surface area contributed by atoms with Crippen LogP contribution in [0.3, 0.4) is 0 Å². The zero-order valence-corrected chi connectivity index (χ0v) is 18.9. The Bertz CT molecular complexity index is 714. The van der Waals surface area contributed by atoms with Gasteiger partial charge in [0.15, 0.2) is 5.82 Å². The molecule has 0 spiro atoms. The predicted octanol–water partition coefficient (Wildman–Crippen LogP) is 3.75. The summed E-state index contributed by atoms with van der Waals surface area (Å²) in [4.78, 5) is 16.5. The molecule has 0 radical (unpaired) electrons. The molecule has 2 fully saturated rings. The molecular weight excluding hydrogens is 368 g/mol. The van der Waals surface area contributed by atoms with Gasteiger partial charge < -0.3 is 19.6 Å². The van der Waals surface area contributed by atoms with Crippen molar-refractivity contribution in [1.82, 2.24) is 14.7 Å². The molecule has 3 rings (SSSR count). The van der Waals surface area contributed by atoms with Crippen molar-refractivity contribution in [3.63, 3.8) is 0 Å². The molecule has 2 saturated heterocycles. The third-order valence-electron chi connectivity index (χ3n) is 6.19. The lowest BCUT2D eigenvalue weighted by Crippen LogP contribution is -2.51. The van der Waals surface area contributed by atoms with Crippen LogP contribution in [0.2, 0.25) is 0 Å². The first kappa shape index (κ1) is 21.9. The zero-order chi connectivity index (χ0) is 21.4. The van der Waals surface area contributed by atoms with Crippen molar-refractivity contribution in [3.8, 4) is 0 Å². The molecule has 3 heterocycles. The number of nitrogens with zero attached hydrogens (tertiary/aromatic N) is 4. The maximum atomic E-state index is 12.3. The molecule has 29 heavy (non-hydrogen) atoms. The Labute approximate surface area is 175 Å². The van der Waals surface area contributed by atoms with Crippen molar-refractivity contribution in [2.45, 2.75) is 84.4 Å². The molecule has 7 nitrogen and oxygen atoms in total. The van der Waals surface area contributed by atoms with Gasteiger partial charge in [-0.25, -0.2) is 4.79 Å². The number of piperidine rings is 2. The first-order valence-corrected chi connectivity index (χ1v) is 10.9. The maximum absolute atomic E-state index is 12.3. The summed E-state index contributed by atoms with van der Waals surface area (Å²) in [5, 5.41) is 14.5. The highest BCUT2D eigenvalue weighted by Crippen LogP contribution is 2.36. The van der Waals surface area contributed by atoms with Gasteiger partial charge in [-0.15, -0.1) is 0 Å². The summed E-state index contributed by atoms with van der Waals surface area (Å²) < 4.78 is 7.65. The normalized spacial score (nSPS) is 23.3. The van der Waals surface area contributed by atoms with E-state index >= 15 is 0 Å². The average molecular weight is 407 g/mol. The molecule has 0 saturated carbocycles. The van der Waals surface area contributed by atoms with E-state index in [1.807, 2.05) is 25.7 Å². The second-order valence-corrected chi connectivity index (χ2v) is 10.3. The smallest absolute Gasteiger partial charge is 0.410 e. The minimum atomic E-state index is -0.461. The van der Waals surface area contributed by atoms with Crippen LogP contribution in [0, 0.1) is 12.8 Å². The van der Waals surface area contributed by atoms with Crippen LogP contribution in [-0.4, -0.2) is 63.3 Å². The Kier molecular flexibility index (Phi) is 6.18. The minimum Gasteiger partial charge on any atom is -0.444 e. The van der Waals surface area contributed by atoms with Crippen LogP contribution in [0.25, 0.3) is 0 Å². The standard InChI is InChI=1S/C22H38N4O3/c1-16-13-19(25-12-7-17(15-27)14-22(25,5)6)23-26(16)18-8-10-24(11-9-18)20(28)29-21(2,3)4/h13,17-18,27H,7-12,14-15H2,1-6H3. The third-order valence-corrected chi connectivity index (χ3v) is 6.19. The van der Waals surface area contributed by atoms with Gasteiger partial charge in [-0.1, -0.05) is 0 Å². The van der Waals surface area contributed by atoms with Crippen LogP contribution >= 0.6 is 0 Å². The summed E-state index contributed by atoms with van der Waals surface area (Å²) in [6.45, 7) is 14.9. The Morgan fingerprint density at radius 3 is 2.45 bits per heavy atom. The number of aryl methyl sites for hydroxylation is 1. The fourth-order valence-corrected chi connectivity index (χ4v) is 4.71. The first-order valence-electron chi connectivity index (χ1n) is 10.9. The van der Waals surface area contributed by atoms with E-state index in [1.54, 1.807) is 0 Å². The molecule has 2 aliphatic rings. The summed E-state index contributed by atoms with van der Waals surface area (Å²) in [6, 6.07) is 2.49. The minimum absolute atomic E-state index is 0.0165. The third kappa shape index (κ3) is 5.05. The molecule has 1 unspecified atom stereocenters. The van der Waals surface area contributed by atoms with Crippen LogP contribution in [-0.2, 0) is 4.74 Å². The monoisotopic (exact) mass is 406 g/mol. The Morgan fingerprint density at radius 1 is 1.24 bits per heavy atom.